The molecular weight excluding hydrogens is 274 g/mol. The molecule has 0 aliphatic carbocycles. The predicted molar refractivity (Wildman–Crippen MR) is 82.5 cm³/mol. The standard InChI is InChI=1S/C14H19N3O2S/c1-8(2)16-13(18)9(3)17-14(19)11-6-4-10(5-7-11)12(15)20/h4-9H,1-3H3,(H2,15,20)(H,16,18)(H,17,19). The Kier molecular flexibility index (Phi) is 5.64. The fraction of sp³-hybridized carbons (Fsp3) is 0.357. The molecular formula is C14H19N3O2S. The predicted octanol–water partition coefficient (Wildman–Crippen LogP) is 0.964. The lowest BCUT2D eigenvalue weighted by Crippen LogP contribution is -2.46. The molecule has 1 aromatic carbocycles. The van der Waals surface area contributed by atoms with Crippen molar-refractivity contribution in [1.82, 2.24) is 10.6 Å². The van der Waals surface area contributed by atoms with Crippen molar-refractivity contribution in [2.24, 2.45) is 5.73 Å². The summed E-state index contributed by atoms with van der Waals surface area (Å²) in [6, 6.07) is 6.03. The molecule has 1 atom stereocenters. The zero-order valence-corrected chi connectivity index (χ0v) is 12.6. The molecule has 0 aliphatic heterocycles. The Morgan fingerprint density at radius 3 is 2.00 bits per heavy atom. The Balaban J connectivity index is 2.66. The normalized spacial score (nSPS) is 11.8. The Bertz CT molecular complexity index is 512. The second-order valence-corrected chi connectivity index (χ2v) is 5.24. The van der Waals surface area contributed by atoms with Crippen LogP contribution in [0.3, 0.4) is 0 Å². The number of carbonyl (C=O) groups excluding carboxylic acids is 2. The summed E-state index contributed by atoms with van der Waals surface area (Å²) in [6.07, 6.45) is 0. The lowest BCUT2D eigenvalue weighted by atomic mass is 10.1. The number of carbonyl (C=O) groups is 2. The van der Waals surface area contributed by atoms with Gasteiger partial charge in [0.05, 0.1) is 0 Å². The van der Waals surface area contributed by atoms with Crippen LogP contribution in [-0.2, 0) is 4.79 Å². The number of nitrogens with one attached hydrogen (secondary N) is 2. The van der Waals surface area contributed by atoms with Gasteiger partial charge in [-0.15, -0.1) is 0 Å². The number of nitrogens with two attached hydrogens (primary N) is 1. The van der Waals surface area contributed by atoms with Crippen molar-refractivity contribution in [3.8, 4) is 0 Å². The van der Waals surface area contributed by atoms with Gasteiger partial charge in [-0.25, -0.2) is 0 Å². The van der Waals surface area contributed by atoms with Crippen LogP contribution in [0.2, 0.25) is 0 Å². The molecule has 0 fully saturated rings. The highest BCUT2D eigenvalue weighted by molar-refractivity contribution is 7.80. The summed E-state index contributed by atoms with van der Waals surface area (Å²) in [4.78, 5) is 24.0. The summed E-state index contributed by atoms with van der Waals surface area (Å²) in [7, 11) is 0. The summed E-state index contributed by atoms with van der Waals surface area (Å²) >= 11 is 4.84. The lowest BCUT2D eigenvalue weighted by Gasteiger charge is -2.16. The van der Waals surface area contributed by atoms with Gasteiger partial charge < -0.3 is 16.4 Å². The van der Waals surface area contributed by atoms with E-state index >= 15 is 0 Å². The monoisotopic (exact) mass is 293 g/mol. The quantitative estimate of drug-likeness (QED) is 0.706. The van der Waals surface area contributed by atoms with Gasteiger partial charge in [-0.3, -0.25) is 9.59 Å². The van der Waals surface area contributed by atoms with Crippen molar-refractivity contribution in [2.45, 2.75) is 32.9 Å². The van der Waals surface area contributed by atoms with Gasteiger partial charge in [-0.05, 0) is 32.9 Å². The molecule has 1 rings (SSSR count). The van der Waals surface area contributed by atoms with Crippen LogP contribution < -0.4 is 16.4 Å². The van der Waals surface area contributed by atoms with E-state index in [0.717, 1.165) is 0 Å². The van der Waals surface area contributed by atoms with Crippen LogP contribution in [0.5, 0.6) is 0 Å². The minimum absolute atomic E-state index is 0.0340. The summed E-state index contributed by atoms with van der Waals surface area (Å²) < 4.78 is 0. The minimum Gasteiger partial charge on any atom is -0.389 e. The molecule has 0 spiro atoms. The van der Waals surface area contributed by atoms with Crippen molar-refractivity contribution < 1.29 is 9.59 Å². The number of hydrogen-bond donors (Lipinski definition) is 3. The molecule has 0 aliphatic rings. The molecule has 6 heteroatoms. The molecule has 1 aromatic rings. The third-order valence-corrected chi connectivity index (χ3v) is 2.84. The van der Waals surface area contributed by atoms with Gasteiger partial charge in [0.15, 0.2) is 0 Å². The van der Waals surface area contributed by atoms with Gasteiger partial charge in [0.25, 0.3) is 5.91 Å². The molecule has 1 unspecified atom stereocenters. The molecule has 0 radical (unpaired) electrons. The maximum absolute atomic E-state index is 12.0. The van der Waals surface area contributed by atoms with Gasteiger partial charge >= 0.3 is 0 Å². The summed E-state index contributed by atoms with van der Waals surface area (Å²) in [6.45, 7) is 5.36. The van der Waals surface area contributed by atoms with Gasteiger partial charge in [-0.1, -0.05) is 24.4 Å². The first-order valence-electron chi connectivity index (χ1n) is 6.32. The third-order valence-electron chi connectivity index (χ3n) is 2.60. The zero-order chi connectivity index (χ0) is 15.3. The smallest absolute Gasteiger partial charge is 0.251 e. The van der Waals surface area contributed by atoms with E-state index in [1.165, 1.54) is 0 Å². The van der Waals surface area contributed by atoms with Crippen LogP contribution >= 0.6 is 12.2 Å². The molecule has 0 saturated carbocycles. The summed E-state index contributed by atoms with van der Waals surface area (Å²) in [5.74, 6) is -0.529. The Hall–Kier alpha value is -1.95. The number of hydrogen-bond acceptors (Lipinski definition) is 3. The molecule has 5 nitrogen and oxygen atoms in total. The SMILES string of the molecule is CC(C)NC(=O)C(C)NC(=O)c1ccc(C(N)=S)cc1. The molecule has 0 saturated heterocycles. The second kappa shape index (κ2) is 7.00. The van der Waals surface area contributed by atoms with E-state index in [2.05, 4.69) is 10.6 Å². The fourth-order valence-corrected chi connectivity index (χ4v) is 1.68. The summed E-state index contributed by atoms with van der Waals surface area (Å²) in [5, 5.41) is 5.37. The van der Waals surface area contributed by atoms with Crippen LogP contribution in [0.15, 0.2) is 24.3 Å². The van der Waals surface area contributed by atoms with E-state index in [9.17, 15) is 9.59 Å². The first-order valence-corrected chi connectivity index (χ1v) is 6.73. The van der Waals surface area contributed by atoms with E-state index in [-0.39, 0.29) is 22.8 Å². The topological polar surface area (TPSA) is 84.2 Å². The average Bonchev–Trinajstić information content (AvgIpc) is 2.37. The van der Waals surface area contributed by atoms with Gasteiger partial charge in [0.2, 0.25) is 5.91 Å². The van der Waals surface area contributed by atoms with Gasteiger partial charge in [0.1, 0.15) is 11.0 Å². The highest BCUT2D eigenvalue weighted by atomic mass is 32.1. The highest BCUT2D eigenvalue weighted by Gasteiger charge is 2.17. The third kappa shape index (κ3) is 4.62. The maximum atomic E-state index is 12.0. The van der Waals surface area contributed by atoms with E-state index in [0.29, 0.717) is 11.1 Å². The first-order chi connectivity index (χ1) is 9.31. The van der Waals surface area contributed by atoms with E-state index in [4.69, 9.17) is 18.0 Å². The van der Waals surface area contributed by atoms with E-state index in [1.807, 2.05) is 13.8 Å². The zero-order valence-electron chi connectivity index (χ0n) is 11.8. The van der Waals surface area contributed by atoms with Gasteiger partial charge in [-0.2, -0.15) is 0 Å². The average molecular weight is 293 g/mol. The van der Waals surface area contributed by atoms with Crippen molar-refractivity contribution >= 4 is 29.0 Å². The van der Waals surface area contributed by atoms with Crippen molar-refractivity contribution in [1.29, 1.82) is 0 Å². The maximum Gasteiger partial charge on any atom is 0.251 e. The molecule has 20 heavy (non-hydrogen) atoms. The molecule has 4 N–H and O–H groups in total. The molecule has 0 heterocycles. The van der Waals surface area contributed by atoms with Crippen LogP contribution in [0.25, 0.3) is 0 Å². The molecule has 108 valence electrons. The van der Waals surface area contributed by atoms with Crippen LogP contribution in [0.1, 0.15) is 36.7 Å². The molecule has 2 amide bonds. The summed E-state index contributed by atoms with van der Waals surface area (Å²) in [5.41, 5.74) is 6.63. The van der Waals surface area contributed by atoms with E-state index in [1.54, 1.807) is 31.2 Å². The lowest BCUT2D eigenvalue weighted by molar-refractivity contribution is -0.123. The highest BCUT2D eigenvalue weighted by Crippen LogP contribution is 2.04. The Morgan fingerprint density at radius 1 is 1.05 bits per heavy atom. The number of thiocarbonyl (C=S) groups is 1. The van der Waals surface area contributed by atoms with Crippen molar-refractivity contribution in [3.05, 3.63) is 35.4 Å². The Labute approximate surface area is 123 Å². The van der Waals surface area contributed by atoms with E-state index < -0.39 is 6.04 Å². The van der Waals surface area contributed by atoms with Crippen LogP contribution in [-0.4, -0.2) is 28.9 Å². The van der Waals surface area contributed by atoms with Crippen molar-refractivity contribution in [2.75, 3.05) is 0 Å². The first kappa shape index (κ1) is 16.1. The number of benzene rings is 1. The van der Waals surface area contributed by atoms with Crippen molar-refractivity contribution in [3.63, 3.8) is 0 Å². The molecule has 0 bridgehead atoms. The fourth-order valence-electron chi connectivity index (χ4n) is 1.54. The molecule has 0 aromatic heterocycles. The van der Waals surface area contributed by atoms with Crippen LogP contribution in [0, 0.1) is 0 Å². The number of amides is 2. The number of rotatable bonds is 5. The van der Waals surface area contributed by atoms with Gasteiger partial charge in [0, 0.05) is 17.2 Å². The second-order valence-electron chi connectivity index (χ2n) is 4.80. The van der Waals surface area contributed by atoms with Crippen LogP contribution in [0.4, 0.5) is 0 Å². The minimum atomic E-state index is -0.597. The largest absolute Gasteiger partial charge is 0.389 e. The Morgan fingerprint density at radius 2 is 1.55 bits per heavy atom.